The number of methoxy groups -OCH3 is 1. The predicted octanol–water partition coefficient (Wildman–Crippen LogP) is 2.68. The van der Waals surface area contributed by atoms with E-state index in [0.717, 1.165) is 49.2 Å². The fraction of sp³-hybridized carbons (Fsp3) is 0.545. The number of rotatable bonds is 7. The lowest BCUT2D eigenvalue weighted by Crippen LogP contribution is -2.40. The first kappa shape index (κ1) is 21.5. The molecule has 3 aliphatic rings. The molecule has 0 bridgehead atoms. The maximum atomic E-state index is 10.8. The van der Waals surface area contributed by atoms with Gasteiger partial charge in [0.2, 0.25) is 18.1 Å². The van der Waals surface area contributed by atoms with Gasteiger partial charge in [-0.3, -0.25) is 4.79 Å². The molecule has 0 radical (unpaired) electrons. The van der Waals surface area contributed by atoms with E-state index in [-0.39, 0.29) is 12.0 Å². The summed E-state index contributed by atoms with van der Waals surface area (Å²) in [6.45, 7) is 2.79. The second kappa shape index (κ2) is 10.0. The minimum atomic E-state index is 0.193. The van der Waals surface area contributed by atoms with Crippen LogP contribution in [-0.4, -0.2) is 73.2 Å². The van der Waals surface area contributed by atoms with Crippen molar-refractivity contribution in [2.75, 3.05) is 38.7 Å². The Bertz CT molecular complexity index is 886. The summed E-state index contributed by atoms with van der Waals surface area (Å²) in [7, 11) is 1.76. The second-order valence-electron chi connectivity index (χ2n) is 8.13. The van der Waals surface area contributed by atoms with Crippen LogP contribution < -0.4 is 5.32 Å². The maximum absolute atomic E-state index is 10.8. The van der Waals surface area contributed by atoms with Crippen molar-refractivity contribution in [1.82, 2.24) is 15.0 Å². The van der Waals surface area contributed by atoms with Crippen LogP contribution in [0.25, 0.3) is 11.4 Å². The highest BCUT2D eigenvalue weighted by atomic mass is 16.5. The standard InChI is InChI=1S/C18H21N5O3.C4H8O/c19-8-14-2-1-13(7-16(14)20-15-9-25-10-15)17-21-18(26-22-17)12-3-5-23(11-24)6-4-12;1-5-4-2-3-4/h1-2,7-8,11-12,15,19-20H,3-6,9-10H2;4H,2-3H2,1H3. The molecule has 9 heteroatoms. The van der Waals surface area contributed by atoms with Gasteiger partial charge in [-0.15, -0.1) is 0 Å². The van der Waals surface area contributed by atoms with E-state index in [2.05, 4.69) is 15.5 Å². The highest BCUT2D eigenvalue weighted by Crippen LogP contribution is 2.29. The molecule has 0 atom stereocenters. The number of nitrogens with one attached hydrogen (secondary N) is 2. The van der Waals surface area contributed by atoms with E-state index in [0.29, 0.717) is 31.0 Å². The van der Waals surface area contributed by atoms with E-state index in [1.807, 2.05) is 18.2 Å². The normalized spacial score (nSPS) is 19.2. The molecule has 1 amide bonds. The molecule has 2 aromatic rings. The van der Waals surface area contributed by atoms with Crippen LogP contribution in [0.5, 0.6) is 0 Å². The van der Waals surface area contributed by atoms with Gasteiger partial charge in [-0.2, -0.15) is 4.98 Å². The number of carbonyl (C=O) groups is 1. The van der Waals surface area contributed by atoms with E-state index < -0.39 is 0 Å². The Morgan fingerprint density at radius 3 is 2.55 bits per heavy atom. The van der Waals surface area contributed by atoms with E-state index in [9.17, 15) is 4.79 Å². The molecule has 0 unspecified atom stereocenters. The van der Waals surface area contributed by atoms with Gasteiger partial charge in [0.15, 0.2) is 0 Å². The number of anilines is 1. The molecular weight excluding hydrogens is 398 g/mol. The molecule has 9 nitrogen and oxygen atoms in total. The lowest BCUT2D eigenvalue weighted by atomic mass is 9.97. The SMILES string of the molecule is COC1CC1.N=Cc1ccc(-c2noc(C3CCN(C=O)CC3)n2)cc1NC1COC1. The van der Waals surface area contributed by atoms with E-state index in [1.54, 1.807) is 12.0 Å². The number of ether oxygens (including phenoxy) is 2. The summed E-state index contributed by atoms with van der Waals surface area (Å²) >= 11 is 0. The lowest BCUT2D eigenvalue weighted by Gasteiger charge is -2.28. The number of likely N-dealkylation sites (tertiary alicyclic amines) is 1. The number of amides is 1. The largest absolute Gasteiger partial charge is 0.381 e. The maximum Gasteiger partial charge on any atom is 0.230 e. The molecule has 5 rings (SSSR count). The van der Waals surface area contributed by atoms with Gasteiger partial charge in [0.05, 0.1) is 25.4 Å². The molecule has 1 saturated carbocycles. The number of nitrogens with zero attached hydrogens (tertiary/aromatic N) is 3. The molecule has 2 aliphatic heterocycles. The number of piperidine rings is 1. The Morgan fingerprint density at radius 1 is 1.23 bits per heavy atom. The van der Waals surface area contributed by atoms with Crippen molar-refractivity contribution in [3.63, 3.8) is 0 Å². The van der Waals surface area contributed by atoms with E-state index in [1.165, 1.54) is 19.1 Å². The monoisotopic (exact) mass is 427 g/mol. The van der Waals surface area contributed by atoms with Gasteiger partial charge < -0.3 is 29.6 Å². The third-order valence-electron chi connectivity index (χ3n) is 5.79. The minimum absolute atomic E-state index is 0.193. The number of benzene rings is 1. The van der Waals surface area contributed by atoms with Crippen molar-refractivity contribution < 1.29 is 18.8 Å². The van der Waals surface area contributed by atoms with Crippen LogP contribution in [0.4, 0.5) is 5.69 Å². The van der Waals surface area contributed by atoms with Crippen LogP contribution in [-0.2, 0) is 14.3 Å². The first-order valence-electron chi connectivity index (χ1n) is 10.7. The molecule has 3 heterocycles. The third-order valence-corrected chi connectivity index (χ3v) is 5.79. The van der Waals surface area contributed by atoms with Gasteiger partial charge in [-0.25, -0.2) is 0 Å². The topological polar surface area (TPSA) is 114 Å². The Labute approximate surface area is 181 Å². The minimum Gasteiger partial charge on any atom is -0.381 e. The lowest BCUT2D eigenvalue weighted by molar-refractivity contribution is -0.119. The summed E-state index contributed by atoms with van der Waals surface area (Å²) in [6, 6.07) is 5.99. The molecule has 1 aromatic carbocycles. The van der Waals surface area contributed by atoms with Crippen LogP contribution in [0.15, 0.2) is 22.7 Å². The average Bonchev–Trinajstić information content (AvgIpc) is 3.51. The smallest absolute Gasteiger partial charge is 0.230 e. The summed E-state index contributed by atoms with van der Waals surface area (Å²) in [5, 5.41) is 15.1. The number of hydrogen-bond acceptors (Lipinski definition) is 8. The molecule has 2 saturated heterocycles. The van der Waals surface area contributed by atoms with Crippen LogP contribution >= 0.6 is 0 Å². The molecule has 31 heavy (non-hydrogen) atoms. The number of hydrogen-bond donors (Lipinski definition) is 2. The first-order valence-corrected chi connectivity index (χ1v) is 10.7. The van der Waals surface area contributed by atoms with E-state index >= 15 is 0 Å². The van der Waals surface area contributed by atoms with Crippen molar-refractivity contribution >= 4 is 18.3 Å². The summed E-state index contributed by atoms with van der Waals surface area (Å²) in [6.07, 6.45) is 7.10. The summed E-state index contributed by atoms with van der Waals surface area (Å²) in [5.74, 6) is 1.36. The van der Waals surface area contributed by atoms with Crippen molar-refractivity contribution in [2.24, 2.45) is 0 Å². The first-order chi connectivity index (χ1) is 15.2. The molecule has 3 fully saturated rings. The zero-order valence-electron chi connectivity index (χ0n) is 17.8. The Morgan fingerprint density at radius 2 is 2.00 bits per heavy atom. The van der Waals surface area contributed by atoms with Crippen molar-refractivity contribution in [3.05, 3.63) is 29.7 Å². The summed E-state index contributed by atoms with van der Waals surface area (Å²) < 4.78 is 15.5. The fourth-order valence-corrected chi connectivity index (χ4v) is 3.56. The predicted molar refractivity (Wildman–Crippen MR) is 115 cm³/mol. The zero-order valence-corrected chi connectivity index (χ0v) is 17.8. The third kappa shape index (κ3) is 5.48. The van der Waals surface area contributed by atoms with Crippen LogP contribution in [0.3, 0.4) is 0 Å². The second-order valence-corrected chi connectivity index (χ2v) is 8.13. The quantitative estimate of drug-likeness (QED) is 0.516. The van der Waals surface area contributed by atoms with Crippen LogP contribution in [0.1, 0.15) is 43.1 Å². The van der Waals surface area contributed by atoms with Crippen molar-refractivity contribution in [2.45, 2.75) is 43.7 Å². The van der Waals surface area contributed by atoms with Crippen LogP contribution in [0.2, 0.25) is 0 Å². The molecule has 2 N–H and O–H groups in total. The Balaban J connectivity index is 0.000000407. The van der Waals surface area contributed by atoms with Crippen molar-refractivity contribution in [1.29, 1.82) is 5.41 Å². The fourth-order valence-electron chi connectivity index (χ4n) is 3.56. The number of carbonyl (C=O) groups excluding carboxylic acids is 1. The van der Waals surface area contributed by atoms with Gasteiger partial charge in [0.1, 0.15) is 0 Å². The zero-order chi connectivity index (χ0) is 21.6. The molecule has 0 spiro atoms. The molecule has 1 aliphatic carbocycles. The molecular formula is C22H29N5O4. The summed E-state index contributed by atoms with van der Waals surface area (Å²) in [4.78, 5) is 17.2. The Kier molecular flexibility index (Phi) is 6.93. The Hall–Kier alpha value is -2.78. The average molecular weight is 428 g/mol. The van der Waals surface area contributed by atoms with E-state index in [4.69, 9.17) is 19.4 Å². The number of aromatic nitrogens is 2. The van der Waals surface area contributed by atoms with Gasteiger partial charge in [-0.05, 0) is 31.7 Å². The van der Waals surface area contributed by atoms with Crippen molar-refractivity contribution in [3.8, 4) is 11.4 Å². The molecule has 1 aromatic heterocycles. The molecule has 166 valence electrons. The highest BCUT2D eigenvalue weighted by molar-refractivity contribution is 5.87. The van der Waals surface area contributed by atoms with Gasteiger partial charge in [-0.1, -0.05) is 17.3 Å². The van der Waals surface area contributed by atoms with Gasteiger partial charge in [0.25, 0.3) is 0 Å². The van der Waals surface area contributed by atoms with Gasteiger partial charge >= 0.3 is 0 Å². The summed E-state index contributed by atoms with van der Waals surface area (Å²) in [5.41, 5.74) is 2.53. The van der Waals surface area contributed by atoms with Gasteiger partial charge in [0, 0.05) is 49.1 Å². The highest BCUT2D eigenvalue weighted by Gasteiger charge is 2.25. The van der Waals surface area contributed by atoms with Crippen LogP contribution in [0, 0.1) is 5.41 Å².